The third kappa shape index (κ3) is 3.49. The van der Waals surface area contributed by atoms with E-state index in [9.17, 15) is 8.42 Å². The smallest absolute Gasteiger partial charge is 0.269 e. The molecular formula is C24H24N4O2S. The maximum Gasteiger partial charge on any atom is 0.269 e. The quantitative estimate of drug-likeness (QED) is 0.431. The molecular weight excluding hydrogens is 408 g/mol. The second-order valence-electron chi connectivity index (χ2n) is 7.99. The number of nitrogens with zero attached hydrogens (tertiary/aromatic N) is 4. The van der Waals surface area contributed by atoms with Crippen molar-refractivity contribution in [3.05, 3.63) is 78.9 Å². The standard InChI is InChI=1S/C24H24N4O2S/c1-27-16-19(15-26-27)22-17-28(31(29,30)20-11-7-4-8-12-20)24-23(22)21(13-14-25-24)18-9-5-2-3-6-10-18/h2,4-5,7-8,11-18H,3,6,9-10H2,1H3. The summed E-state index contributed by atoms with van der Waals surface area (Å²) in [6, 6.07) is 10.6. The molecule has 5 rings (SSSR count). The van der Waals surface area contributed by atoms with Crippen LogP contribution >= 0.6 is 0 Å². The van der Waals surface area contributed by atoms with Crippen LogP contribution in [0, 0.1) is 0 Å². The minimum absolute atomic E-state index is 0.245. The van der Waals surface area contributed by atoms with Crippen molar-refractivity contribution in [3.63, 3.8) is 0 Å². The van der Waals surface area contributed by atoms with Gasteiger partial charge in [-0.2, -0.15) is 5.10 Å². The van der Waals surface area contributed by atoms with Gasteiger partial charge in [-0.3, -0.25) is 4.68 Å². The van der Waals surface area contributed by atoms with Crippen molar-refractivity contribution in [3.8, 4) is 11.1 Å². The molecule has 1 unspecified atom stereocenters. The van der Waals surface area contributed by atoms with Gasteiger partial charge in [0.2, 0.25) is 0 Å². The van der Waals surface area contributed by atoms with E-state index in [1.165, 1.54) is 3.97 Å². The highest BCUT2D eigenvalue weighted by molar-refractivity contribution is 7.90. The normalized spacial score (nSPS) is 17.1. The Labute approximate surface area is 181 Å². The summed E-state index contributed by atoms with van der Waals surface area (Å²) in [5.41, 5.74) is 3.35. The van der Waals surface area contributed by atoms with E-state index in [0.717, 1.165) is 47.8 Å². The average Bonchev–Trinajstić information content (AvgIpc) is 3.28. The van der Waals surface area contributed by atoms with Gasteiger partial charge >= 0.3 is 0 Å². The fourth-order valence-electron chi connectivity index (χ4n) is 4.42. The molecule has 0 amide bonds. The predicted octanol–water partition coefficient (Wildman–Crippen LogP) is 4.89. The summed E-state index contributed by atoms with van der Waals surface area (Å²) in [6.45, 7) is 0. The van der Waals surface area contributed by atoms with E-state index in [1.54, 1.807) is 47.5 Å². The lowest BCUT2D eigenvalue weighted by Gasteiger charge is -2.16. The van der Waals surface area contributed by atoms with Crippen LogP contribution in [0.4, 0.5) is 0 Å². The molecule has 0 saturated heterocycles. The van der Waals surface area contributed by atoms with Gasteiger partial charge in [0.05, 0.1) is 11.1 Å². The van der Waals surface area contributed by atoms with Gasteiger partial charge in [0.1, 0.15) is 0 Å². The van der Waals surface area contributed by atoms with Crippen molar-refractivity contribution in [2.24, 2.45) is 7.05 Å². The maximum absolute atomic E-state index is 13.5. The van der Waals surface area contributed by atoms with Gasteiger partial charge in [0.15, 0.2) is 5.65 Å². The molecule has 0 radical (unpaired) electrons. The number of pyridine rings is 1. The lowest BCUT2D eigenvalue weighted by atomic mass is 9.89. The topological polar surface area (TPSA) is 69.8 Å². The van der Waals surface area contributed by atoms with Crippen molar-refractivity contribution in [2.75, 3.05) is 0 Å². The Balaban J connectivity index is 1.79. The molecule has 4 aromatic rings. The largest absolute Gasteiger partial charge is 0.275 e. The Bertz CT molecular complexity index is 1370. The number of hydrogen-bond acceptors (Lipinski definition) is 4. The Morgan fingerprint density at radius 1 is 1.06 bits per heavy atom. The molecule has 1 aromatic carbocycles. The second kappa shape index (κ2) is 7.81. The summed E-state index contributed by atoms with van der Waals surface area (Å²) in [5.74, 6) is 0.329. The molecule has 31 heavy (non-hydrogen) atoms. The van der Waals surface area contributed by atoms with Crippen LogP contribution in [0.5, 0.6) is 0 Å². The monoisotopic (exact) mass is 432 g/mol. The molecule has 0 aliphatic heterocycles. The summed E-state index contributed by atoms with van der Waals surface area (Å²) in [6.07, 6.45) is 15.8. The van der Waals surface area contributed by atoms with Crippen LogP contribution in [-0.4, -0.2) is 27.2 Å². The van der Waals surface area contributed by atoms with Crippen molar-refractivity contribution >= 4 is 21.1 Å². The molecule has 7 heteroatoms. The third-order valence-electron chi connectivity index (χ3n) is 5.95. The Kier molecular flexibility index (Phi) is 4.98. The van der Waals surface area contributed by atoms with Crippen LogP contribution in [0.25, 0.3) is 22.2 Å². The fraction of sp³-hybridized carbons (Fsp3) is 0.250. The summed E-state index contributed by atoms with van der Waals surface area (Å²) >= 11 is 0. The number of benzene rings is 1. The van der Waals surface area contributed by atoms with E-state index in [2.05, 4.69) is 22.2 Å². The van der Waals surface area contributed by atoms with Crippen molar-refractivity contribution in [1.82, 2.24) is 18.7 Å². The first-order valence-corrected chi connectivity index (χ1v) is 11.9. The molecule has 0 fully saturated rings. The zero-order chi connectivity index (χ0) is 21.4. The number of aryl methyl sites for hydroxylation is 1. The molecule has 0 N–H and O–H groups in total. The van der Waals surface area contributed by atoms with E-state index < -0.39 is 10.0 Å². The minimum atomic E-state index is -3.79. The molecule has 3 aromatic heterocycles. The Morgan fingerprint density at radius 3 is 2.68 bits per heavy atom. The van der Waals surface area contributed by atoms with Crippen molar-refractivity contribution in [2.45, 2.75) is 36.5 Å². The van der Waals surface area contributed by atoms with Gasteiger partial charge in [0.25, 0.3) is 10.0 Å². The van der Waals surface area contributed by atoms with E-state index in [1.807, 2.05) is 25.4 Å². The van der Waals surface area contributed by atoms with Crippen LogP contribution in [-0.2, 0) is 17.1 Å². The average molecular weight is 433 g/mol. The van der Waals surface area contributed by atoms with Crippen LogP contribution < -0.4 is 0 Å². The fourth-order valence-corrected chi connectivity index (χ4v) is 5.76. The van der Waals surface area contributed by atoms with Gasteiger partial charge in [-0.25, -0.2) is 17.4 Å². The summed E-state index contributed by atoms with van der Waals surface area (Å²) in [4.78, 5) is 4.79. The molecule has 6 nitrogen and oxygen atoms in total. The molecule has 0 spiro atoms. The first-order valence-electron chi connectivity index (χ1n) is 10.5. The number of fused-ring (bicyclic) bond motifs is 1. The third-order valence-corrected chi connectivity index (χ3v) is 7.62. The Hall–Kier alpha value is -3.19. The number of hydrogen-bond donors (Lipinski definition) is 0. The van der Waals surface area contributed by atoms with Crippen molar-refractivity contribution < 1.29 is 8.42 Å². The second-order valence-corrected chi connectivity index (χ2v) is 9.81. The number of aromatic nitrogens is 4. The molecule has 158 valence electrons. The molecule has 1 atom stereocenters. The van der Waals surface area contributed by atoms with Crippen LogP contribution in [0.15, 0.2) is 78.2 Å². The highest BCUT2D eigenvalue weighted by Crippen LogP contribution is 2.39. The molecule has 0 saturated carbocycles. The minimum Gasteiger partial charge on any atom is -0.275 e. The van der Waals surface area contributed by atoms with E-state index in [4.69, 9.17) is 0 Å². The SMILES string of the molecule is Cn1cc(-c2cn(S(=O)(=O)c3ccccc3)c3nccc(C4CC=CCCC4)c23)cn1. The van der Waals surface area contributed by atoms with Crippen LogP contribution in [0.1, 0.15) is 37.2 Å². The zero-order valence-electron chi connectivity index (χ0n) is 17.3. The summed E-state index contributed by atoms with van der Waals surface area (Å²) in [5, 5.41) is 5.21. The summed E-state index contributed by atoms with van der Waals surface area (Å²) < 4.78 is 30.1. The van der Waals surface area contributed by atoms with Gasteiger partial charge in [-0.15, -0.1) is 0 Å². The first kappa shape index (κ1) is 19.8. The summed E-state index contributed by atoms with van der Waals surface area (Å²) in [7, 11) is -1.93. The highest BCUT2D eigenvalue weighted by Gasteiger charge is 2.26. The lowest BCUT2D eigenvalue weighted by molar-refractivity contribution is 0.588. The van der Waals surface area contributed by atoms with Gasteiger partial charge < -0.3 is 0 Å². The number of allylic oxidation sites excluding steroid dienone is 2. The van der Waals surface area contributed by atoms with E-state index in [0.29, 0.717) is 11.6 Å². The van der Waals surface area contributed by atoms with E-state index in [-0.39, 0.29) is 4.90 Å². The lowest BCUT2D eigenvalue weighted by Crippen LogP contribution is -2.12. The maximum atomic E-state index is 13.5. The Morgan fingerprint density at radius 2 is 1.90 bits per heavy atom. The van der Waals surface area contributed by atoms with Gasteiger partial charge in [0, 0.05) is 42.2 Å². The van der Waals surface area contributed by atoms with E-state index >= 15 is 0 Å². The van der Waals surface area contributed by atoms with Crippen molar-refractivity contribution in [1.29, 1.82) is 0 Å². The van der Waals surface area contributed by atoms with Crippen LogP contribution in [0.3, 0.4) is 0 Å². The molecule has 3 heterocycles. The molecule has 0 bridgehead atoms. The number of rotatable bonds is 4. The molecule has 1 aliphatic carbocycles. The van der Waals surface area contributed by atoms with Crippen LogP contribution in [0.2, 0.25) is 0 Å². The predicted molar refractivity (Wildman–Crippen MR) is 121 cm³/mol. The van der Waals surface area contributed by atoms with Gasteiger partial charge in [-0.1, -0.05) is 30.4 Å². The molecule has 1 aliphatic rings. The first-order chi connectivity index (χ1) is 15.1. The zero-order valence-corrected chi connectivity index (χ0v) is 18.2. The highest BCUT2D eigenvalue weighted by atomic mass is 32.2. The van der Waals surface area contributed by atoms with Gasteiger partial charge in [-0.05, 0) is 55.4 Å².